The Labute approximate surface area is 81.4 Å². The van der Waals surface area contributed by atoms with Gasteiger partial charge in [0.05, 0.1) is 19.1 Å². The number of hydrogen-bond donors (Lipinski definition) is 0. The Morgan fingerprint density at radius 2 is 1.79 bits per heavy atom. The largest absolute Gasteiger partial charge is 0.492 e. The molecule has 1 aromatic carbocycles. The Hall–Kier alpha value is -1.78. The van der Waals surface area contributed by atoms with E-state index in [1.165, 1.54) is 20.3 Å². The molecular weight excluding hydrogens is 186 g/mol. The van der Waals surface area contributed by atoms with E-state index in [0.717, 1.165) is 5.56 Å². The highest BCUT2D eigenvalue weighted by Gasteiger charge is 2.20. The SMILES string of the molecule is COc1c(C)ccc([N+](=O)[O-])c1OC. The molecule has 0 radical (unpaired) electrons. The van der Waals surface area contributed by atoms with Gasteiger partial charge in [-0.25, -0.2) is 0 Å². The van der Waals surface area contributed by atoms with Gasteiger partial charge >= 0.3 is 5.69 Å². The smallest absolute Gasteiger partial charge is 0.314 e. The van der Waals surface area contributed by atoms with Crippen molar-refractivity contribution in [2.45, 2.75) is 6.92 Å². The Kier molecular flexibility index (Phi) is 2.91. The predicted octanol–water partition coefficient (Wildman–Crippen LogP) is 1.92. The first-order valence-electron chi connectivity index (χ1n) is 3.97. The van der Waals surface area contributed by atoms with E-state index in [-0.39, 0.29) is 11.4 Å². The van der Waals surface area contributed by atoms with E-state index < -0.39 is 4.92 Å². The van der Waals surface area contributed by atoms with E-state index in [9.17, 15) is 10.1 Å². The van der Waals surface area contributed by atoms with E-state index in [1.807, 2.05) is 0 Å². The summed E-state index contributed by atoms with van der Waals surface area (Å²) >= 11 is 0. The van der Waals surface area contributed by atoms with Crippen molar-refractivity contribution in [3.63, 3.8) is 0 Å². The van der Waals surface area contributed by atoms with Gasteiger partial charge in [-0.05, 0) is 18.6 Å². The zero-order valence-corrected chi connectivity index (χ0v) is 8.23. The zero-order valence-electron chi connectivity index (χ0n) is 8.23. The standard InChI is InChI=1S/C9H11NO4/c1-6-4-5-7(10(11)12)9(14-3)8(6)13-2/h4-5H,1-3H3. The van der Waals surface area contributed by atoms with Crippen LogP contribution in [0.1, 0.15) is 5.56 Å². The van der Waals surface area contributed by atoms with Crippen LogP contribution >= 0.6 is 0 Å². The monoisotopic (exact) mass is 197 g/mol. The van der Waals surface area contributed by atoms with Gasteiger partial charge in [-0.15, -0.1) is 0 Å². The minimum absolute atomic E-state index is 0.0880. The van der Waals surface area contributed by atoms with Crippen molar-refractivity contribution in [2.24, 2.45) is 0 Å². The van der Waals surface area contributed by atoms with Crippen molar-refractivity contribution in [1.82, 2.24) is 0 Å². The zero-order chi connectivity index (χ0) is 10.7. The summed E-state index contributed by atoms with van der Waals surface area (Å²) in [5, 5.41) is 10.6. The van der Waals surface area contributed by atoms with Crippen LogP contribution in [-0.2, 0) is 0 Å². The van der Waals surface area contributed by atoms with Gasteiger partial charge in [0.15, 0.2) is 5.75 Å². The molecular formula is C9H11NO4. The van der Waals surface area contributed by atoms with Gasteiger partial charge < -0.3 is 9.47 Å². The fourth-order valence-electron chi connectivity index (χ4n) is 1.25. The van der Waals surface area contributed by atoms with E-state index in [1.54, 1.807) is 13.0 Å². The molecule has 14 heavy (non-hydrogen) atoms. The van der Waals surface area contributed by atoms with Gasteiger partial charge in [0.1, 0.15) is 0 Å². The van der Waals surface area contributed by atoms with Crippen LogP contribution in [0.25, 0.3) is 0 Å². The van der Waals surface area contributed by atoms with Crippen LogP contribution in [0.15, 0.2) is 12.1 Å². The molecule has 0 unspecified atom stereocenters. The maximum atomic E-state index is 10.6. The first-order chi connectivity index (χ1) is 6.61. The first kappa shape index (κ1) is 10.3. The molecule has 0 fully saturated rings. The van der Waals surface area contributed by atoms with Crippen molar-refractivity contribution < 1.29 is 14.4 Å². The lowest BCUT2D eigenvalue weighted by atomic mass is 10.2. The van der Waals surface area contributed by atoms with Crippen molar-refractivity contribution >= 4 is 5.69 Å². The van der Waals surface area contributed by atoms with Gasteiger partial charge in [-0.2, -0.15) is 0 Å². The molecule has 0 heterocycles. The maximum Gasteiger partial charge on any atom is 0.314 e. The minimum Gasteiger partial charge on any atom is -0.492 e. The van der Waals surface area contributed by atoms with Crippen molar-refractivity contribution in [3.8, 4) is 11.5 Å². The molecule has 0 amide bonds. The molecule has 0 bridgehead atoms. The molecule has 76 valence electrons. The third-order valence-electron chi connectivity index (χ3n) is 1.89. The quantitative estimate of drug-likeness (QED) is 0.548. The highest BCUT2D eigenvalue weighted by atomic mass is 16.6. The van der Waals surface area contributed by atoms with Crippen LogP contribution in [-0.4, -0.2) is 19.1 Å². The fraction of sp³-hybridized carbons (Fsp3) is 0.333. The highest BCUT2D eigenvalue weighted by molar-refractivity contribution is 5.59. The number of methoxy groups -OCH3 is 2. The van der Waals surface area contributed by atoms with Gasteiger partial charge in [0.2, 0.25) is 5.75 Å². The molecule has 0 atom stereocenters. The third-order valence-corrected chi connectivity index (χ3v) is 1.89. The van der Waals surface area contributed by atoms with Crippen molar-refractivity contribution in [1.29, 1.82) is 0 Å². The lowest BCUT2D eigenvalue weighted by Crippen LogP contribution is -1.98. The molecule has 1 rings (SSSR count). The lowest BCUT2D eigenvalue weighted by molar-refractivity contribution is -0.385. The second-order valence-corrected chi connectivity index (χ2v) is 2.73. The van der Waals surface area contributed by atoms with Crippen LogP contribution in [0.4, 0.5) is 5.69 Å². The number of benzene rings is 1. The fourth-order valence-corrected chi connectivity index (χ4v) is 1.25. The summed E-state index contributed by atoms with van der Waals surface area (Å²) in [6.07, 6.45) is 0. The average Bonchev–Trinajstić information content (AvgIpc) is 2.16. The Balaban J connectivity index is 3.40. The van der Waals surface area contributed by atoms with E-state index in [4.69, 9.17) is 9.47 Å². The van der Waals surface area contributed by atoms with E-state index in [0.29, 0.717) is 5.75 Å². The Bertz CT molecular complexity index is 362. The van der Waals surface area contributed by atoms with E-state index in [2.05, 4.69) is 0 Å². The number of nitro benzene ring substituents is 1. The summed E-state index contributed by atoms with van der Waals surface area (Å²) in [5.74, 6) is 0.569. The first-order valence-corrected chi connectivity index (χ1v) is 3.97. The number of hydrogen-bond acceptors (Lipinski definition) is 4. The van der Waals surface area contributed by atoms with Crippen LogP contribution in [0.5, 0.6) is 11.5 Å². The molecule has 0 saturated carbocycles. The summed E-state index contributed by atoms with van der Waals surface area (Å²) < 4.78 is 9.97. The molecule has 0 aliphatic carbocycles. The molecule has 0 aliphatic heterocycles. The number of nitro groups is 1. The van der Waals surface area contributed by atoms with Crippen molar-refractivity contribution in [3.05, 3.63) is 27.8 Å². The van der Waals surface area contributed by atoms with Crippen LogP contribution in [0, 0.1) is 17.0 Å². The van der Waals surface area contributed by atoms with Gasteiger partial charge in [-0.3, -0.25) is 10.1 Å². The number of rotatable bonds is 3. The third kappa shape index (κ3) is 1.61. The molecule has 0 aromatic heterocycles. The highest BCUT2D eigenvalue weighted by Crippen LogP contribution is 2.38. The van der Waals surface area contributed by atoms with Gasteiger partial charge in [0.25, 0.3) is 0 Å². The predicted molar refractivity (Wildman–Crippen MR) is 50.9 cm³/mol. The Morgan fingerprint density at radius 3 is 2.21 bits per heavy atom. The molecule has 5 nitrogen and oxygen atoms in total. The average molecular weight is 197 g/mol. The molecule has 0 aliphatic rings. The van der Waals surface area contributed by atoms with E-state index >= 15 is 0 Å². The number of ether oxygens (including phenoxy) is 2. The number of nitrogens with zero attached hydrogens (tertiary/aromatic N) is 1. The lowest BCUT2D eigenvalue weighted by Gasteiger charge is -2.09. The topological polar surface area (TPSA) is 61.6 Å². The molecule has 0 saturated heterocycles. The summed E-state index contributed by atoms with van der Waals surface area (Å²) in [5.41, 5.74) is 0.713. The van der Waals surface area contributed by atoms with Crippen LogP contribution < -0.4 is 9.47 Å². The molecule has 1 aromatic rings. The second-order valence-electron chi connectivity index (χ2n) is 2.73. The van der Waals surface area contributed by atoms with Gasteiger partial charge in [0, 0.05) is 6.07 Å². The molecule has 0 spiro atoms. The maximum absolute atomic E-state index is 10.6. The normalized spacial score (nSPS) is 9.64. The van der Waals surface area contributed by atoms with Crippen LogP contribution in [0.3, 0.4) is 0 Å². The number of aryl methyl sites for hydroxylation is 1. The van der Waals surface area contributed by atoms with Gasteiger partial charge in [-0.1, -0.05) is 0 Å². The minimum atomic E-state index is -0.499. The summed E-state index contributed by atoms with van der Waals surface area (Å²) in [7, 11) is 2.83. The van der Waals surface area contributed by atoms with Crippen LogP contribution in [0.2, 0.25) is 0 Å². The molecule has 5 heteroatoms. The summed E-state index contributed by atoms with van der Waals surface area (Å²) in [6.45, 7) is 1.80. The second kappa shape index (κ2) is 3.95. The van der Waals surface area contributed by atoms with Crippen molar-refractivity contribution in [2.75, 3.05) is 14.2 Å². The summed E-state index contributed by atoms with van der Waals surface area (Å²) in [6, 6.07) is 3.02. The Morgan fingerprint density at radius 1 is 1.21 bits per heavy atom. The summed E-state index contributed by atoms with van der Waals surface area (Å²) in [4.78, 5) is 10.1. The molecule has 0 N–H and O–H groups in total.